The highest BCUT2D eigenvalue weighted by Gasteiger charge is 2.67. The van der Waals surface area contributed by atoms with Gasteiger partial charge in [0.15, 0.2) is 5.78 Å². The van der Waals surface area contributed by atoms with Crippen molar-refractivity contribution in [3.63, 3.8) is 0 Å². The van der Waals surface area contributed by atoms with Gasteiger partial charge in [-0.3, -0.25) is 24.0 Å². The third-order valence-corrected chi connectivity index (χ3v) is 9.85. The number of aryl methyl sites for hydroxylation is 2. The van der Waals surface area contributed by atoms with Gasteiger partial charge in [-0.2, -0.15) is 5.10 Å². The molecule has 49 heavy (non-hydrogen) atoms. The van der Waals surface area contributed by atoms with Crippen molar-refractivity contribution in [3.05, 3.63) is 58.5 Å². The van der Waals surface area contributed by atoms with Crippen LogP contribution in [0, 0.1) is 12.3 Å². The fraction of sp³-hybridized carbons (Fsp3) is 0.455. The number of nitrogens with one attached hydrogen (secondary N) is 2. The Morgan fingerprint density at radius 1 is 1.12 bits per heavy atom. The second-order valence-corrected chi connectivity index (χ2v) is 13.8. The fourth-order valence-electron chi connectivity index (χ4n) is 6.87. The van der Waals surface area contributed by atoms with E-state index in [4.69, 9.17) is 4.74 Å². The lowest BCUT2D eigenvalue weighted by atomic mass is 10.00. The second-order valence-electron chi connectivity index (χ2n) is 13.0. The number of hydrogen-bond donors (Lipinski definition) is 2. The number of ether oxygens (including phenoxy) is 1. The van der Waals surface area contributed by atoms with Crippen molar-refractivity contribution in [2.24, 2.45) is 5.41 Å². The molecule has 3 aliphatic rings. The van der Waals surface area contributed by atoms with Crippen LogP contribution in [0.1, 0.15) is 48.1 Å². The van der Waals surface area contributed by atoms with Crippen LogP contribution in [-0.2, 0) is 27.3 Å². The summed E-state index contributed by atoms with van der Waals surface area (Å²) >= 11 is 3.37. The largest absolute Gasteiger partial charge is 0.374 e. The molecular formula is C33H34BrF2N9O4. The first kappa shape index (κ1) is 33.2. The number of nitrogens with zero attached hydrogens (tertiary/aromatic N) is 7. The van der Waals surface area contributed by atoms with E-state index in [1.165, 1.54) is 16.5 Å². The minimum Gasteiger partial charge on any atom is -0.374 e. The smallest absolute Gasteiger partial charge is 0.283 e. The predicted octanol–water partition coefficient (Wildman–Crippen LogP) is 3.74. The maximum Gasteiger partial charge on any atom is 0.283 e. The zero-order chi connectivity index (χ0) is 34.5. The van der Waals surface area contributed by atoms with Crippen molar-refractivity contribution >= 4 is 50.2 Å². The molecule has 2 aliphatic heterocycles. The van der Waals surface area contributed by atoms with Crippen molar-refractivity contribution < 1.29 is 27.9 Å². The topological polar surface area (TPSA) is 157 Å². The maximum absolute atomic E-state index is 14.6. The van der Waals surface area contributed by atoms with Gasteiger partial charge in [0, 0.05) is 41.7 Å². The highest BCUT2D eigenvalue weighted by Crippen LogP contribution is 2.60. The number of likely N-dealkylation sites (tertiary alicyclic amines) is 1. The number of alkyl halides is 2. The number of amides is 2. The molecule has 16 heteroatoms. The van der Waals surface area contributed by atoms with E-state index in [2.05, 4.69) is 51.6 Å². The van der Waals surface area contributed by atoms with Crippen LogP contribution in [0.5, 0.6) is 0 Å². The van der Waals surface area contributed by atoms with Gasteiger partial charge in [0.25, 0.3) is 5.92 Å². The molecule has 0 aromatic carbocycles. The molecule has 2 N–H and O–H groups in total. The van der Waals surface area contributed by atoms with E-state index in [0.29, 0.717) is 64.2 Å². The molecule has 4 aromatic heterocycles. The summed E-state index contributed by atoms with van der Waals surface area (Å²) in [5, 5.41) is 10.8. The van der Waals surface area contributed by atoms with Crippen molar-refractivity contribution in [2.45, 2.75) is 64.1 Å². The molecule has 2 amide bonds. The van der Waals surface area contributed by atoms with Crippen LogP contribution in [0.25, 0.3) is 22.2 Å². The summed E-state index contributed by atoms with van der Waals surface area (Å²) in [6.45, 7) is 1.93. The van der Waals surface area contributed by atoms with E-state index >= 15 is 0 Å². The summed E-state index contributed by atoms with van der Waals surface area (Å²) in [7, 11) is 0. The number of piperidine rings is 1. The number of carbonyl (C=O) groups is 3. The molecule has 1 aliphatic carbocycles. The summed E-state index contributed by atoms with van der Waals surface area (Å²) in [6, 6.07) is 4.00. The van der Waals surface area contributed by atoms with Crippen LogP contribution in [0.15, 0.2) is 41.4 Å². The molecule has 0 radical (unpaired) electrons. The first-order valence-corrected chi connectivity index (χ1v) is 16.8. The number of hydrogen-bond acceptors (Lipinski definition) is 10. The molecule has 2 fully saturated rings. The third-order valence-electron chi connectivity index (χ3n) is 9.41. The molecule has 6 heterocycles. The van der Waals surface area contributed by atoms with Gasteiger partial charge < -0.3 is 20.3 Å². The summed E-state index contributed by atoms with van der Waals surface area (Å²) < 4.78 is 36.8. The predicted molar refractivity (Wildman–Crippen MR) is 177 cm³/mol. The standard InChI is InChI=1S/C33H34BrF2N9O4/c1-18(46)29-22-8-23(21-11-38-19(2)39-12-21)40-13-25(22)44(43-29)14-28(47)45-24-9-32(10-26(32)45)16-49-17-33(35,36)15-37-7-3-4-20-5-6-27(34)41-30(20)42-31(24)48/h5-6,8,11-13,24,26,37H,3-4,7,9-10,14-17H2,1-2H3,(H,41,42,48)/t24-,26+,32-/m0/s1. The maximum atomic E-state index is 14.6. The molecule has 1 saturated carbocycles. The highest BCUT2D eigenvalue weighted by molar-refractivity contribution is 9.10. The van der Waals surface area contributed by atoms with Crippen LogP contribution < -0.4 is 10.6 Å². The van der Waals surface area contributed by atoms with Gasteiger partial charge in [-0.15, -0.1) is 0 Å². The Morgan fingerprint density at radius 2 is 1.92 bits per heavy atom. The minimum atomic E-state index is -3.08. The van der Waals surface area contributed by atoms with Crippen LogP contribution >= 0.6 is 15.9 Å². The molecule has 256 valence electrons. The van der Waals surface area contributed by atoms with Crippen molar-refractivity contribution in [1.29, 1.82) is 0 Å². The van der Waals surface area contributed by atoms with Gasteiger partial charge in [0.2, 0.25) is 11.8 Å². The third kappa shape index (κ3) is 6.68. The molecular weight excluding hydrogens is 704 g/mol. The van der Waals surface area contributed by atoms with E-state index in [0.717, 1.165) is 5.56 Å². The first-order valence-electron chi connectivity index (χ1n) is 16.0. The number of rotatable bonds is 4. The van der Waals surface area contributed by atoms with Crippen molar-refractivity contribution in [3.8, 4) is 11.3 Å². The Bertz CT molecular complexity index is 1960. The van der Waals surface area contributed by atoms with Crippen LogP contribution in [0.4, 0.5) is 14.6 Å². The molecule has 1 spiro atoms. The Labute approximate surface area is 288 Å². The molecule has 13 nitrogen and oxygen atoms in total. The van der Waals surface area contributed by atoms with Gasteiger partial charge in [0.1, 0.15) is 41.1 Å². The van der Waals surface area contributed by atoms with E-state index in [9.17, 15) is 23.2 Å². The molecule has 4 aromatic rings. The number of ketones is 1. The summed E-state index contributed by atoms with van der Waals surface area (Å²) in [5.74, 6) is -3.25. The number of halogens is 3. The van der Waals surface area contributed by atoms with E-state index in [-0.39, 0.29) is 31.0 Å². The average molecular weight is 739 g/mol. The minimum absolute atomic E-state index is 0.0180. The Morgan fingerprint density at radius 3 is 2.69 bits per heavy atom. The molecule has 1 saturated heterocycles. The lowest BCUT2D eigenvalue weighted by Crippen LogP contribution is -2.47. The normalized spacial score (nSPS) is 23.9. The van der Waals surface area contributed by atoms with E-state index < -0.39 is 48.4 Å². The van der Waals surface area contributed by atoms with Gasteiger partial charge in [0.05, 0.1) is 30.6 Å². The molecule has 0 unspecified atom stereocenters. The summed E-state index contributed by atoms with van der Waals surface area (Å²) in [5.41, 5.74) is 1.94. The first-order chi connectivity index (χ1) is 23.4. The Kier molecular flexibility index (Phi) is 8.73. The van der Waals surface area contributed by atoms with Crippen molar-refractivity contribution in [2.75, 3.05) is 31.6 Å². The van der Waals surface area contributed by atoms with Gasteiger partial charge in [-0.05, 0) is 72.8 Å². The van der Waals surface area contributed by atoms with Crippen LogP contribution in [0.3, 0.4) is 0 Å². The van der Waals surface area contributed by atoms with Crippen molar-refractivity contribution in [1.82, 2.24) is 39.9 Å². The number of carbonyl (C=O) groups excluding carboxylic acids is 3. The Hall–Kier alpha value is -4.28. The summed E-state index contributed by atoms with van der Waals surface area (Å²) in [6.07, 6.45) is 6.60. The molecule has 2 bridgehead atoms. The monoisotopic (exact) mass is 737 g/mol. The number of pyridine rings is 2. The SMILES string of the molecule is CC(=O)c1nn(CC(=O)N2[C@H]3C[C@@]4(COCC(F)(F)CNCCCc5ccc(Br)nc5NC3=O)C[C@@H]24)c2cnc(-c3cnc(C)nc3)cc12. The zero-order valence-corrected chi connectivity index (χ0v) is 28.5. The average Bonchev–Trinajstić information content (AvgIpc) is 3.46. The van der Waals surface area contributed by atoms with Gasteiger partial charge >= 0.3 is 0 Å². The van der Waals surface area contributed by atoms with Crippen LogP contribution in [-0.4, -0.2) is 96.5 Å². The summed E-state index contributed by atoms with van der Waals surface area (Å²) in [4.78, 5) is 59.8. The number of fused-ring (bicyclic) bond motifs is 3. The quantitative estimate of drug-likeness (QED) is 0.234. The van der Waals surface area contributed by atoms with Gasteiger partial charge in [-0.1, -0.05) is 6.07 Å². The molecule has 3 atom stereocenters. The van der Waals surface area contributed by atoms with E-state index in [1.54, 1.807) is 37.6 Å². The lowest BCUT2D eigenvalue weighted by molar-refractivity contribution is -0.138. The number of Topliss-reactive ketones (excluding diaryl/α,β-unsaturated/α-hetero) is 1. The number of anilines is 1. The van der Waals surface area contributed by atoms with Gasteiger partial charge in [-0.25, -0.2) is 23.7 Å². The number of aromatic nitrogens is 6. The Balaban J connectivity index is 1.20. The highest BCUT2D eigenvalue weighted by atomic mass is 79.9. The fourth-order valence-corrected chi connectivity index (χ4v) is 7.18. The van der Waals surface area contributed by atoms with E-state index in [1.807, 2.05) is 6.07 Å². The zero-order valence-electron chi connectivity index (χ0n) is 26.9. The van der Waals surface area contributed by atoms with Crippen LogP contribution in [0.2, 0.25) is 0 Å². The second kappa shape index (κ2) is 12.9. The molecule has 7 rings (SSSR count). The lowest BCUT2D eigenvalue weighted by Gasteiger charge is -2.27.